The normalized spacial score (nSPS) is 11.6. The average Bonchev–Trinajstić information content (AvgIpc) is 2.80. The Hall–Kier alpha value is -3.35. The second-order valence-corrected chi connectivity index (χ2v) is 8.22. The molecule has 0 heterocycles. The van der Waals surface area contributed by atoms with Crippen LogP contribution in [0.15, 0.2) is 78.9 Å². The van der Waals surface area contributed by atoms with Crippen LogP contribution in [0.4, 0.5) is 5.69 Å². The maximum Gasteiger partial charge on any atom is 0.238 e. The number of hydrogen-bond acceptors (Lipinski definition) is 4. The largest absolute Gasteiger partial charge is 0.495 e. The fourth-order valence-electron chi connectivity index (χ4n) is 3.54. The van der Waals surface area contributed by atoms with Crippen LogP contribution in [-0.2, 0) is 16.0 Å². The maximum absolute atomic E-state index is 12.8. The molecule has 0 bridgehead atoms. The van der Waals surface area contributed by atoms with Crippen molar-refractivity contribution >= 4 is 29.1 Å². The zero-order chi connectivity index (χ0) is 23.6. The molecule has 0 saturated heterocycles. The minimum Gasteiger partial charge on any atom is -0.495 e. The van der Waals surface area contributed by atoms with Crippen LogP contribution in [0.25, 0.3) is 0 Å². The van der Waals surface area contributed by atoms with Gasteiger partial charge in [0.15, 0.2) is 0 Å². The van der Waals surface area contributed by atoms with Gasteiger partial charge in [-0.25, -0.2) is 0 Å². The van der Waals surface area contributed by atoms with E-state index in [1.165, 1.54) is 7.11 Å². The molecule has 6 nitrogen and oxygen atoms in total. The summed E-state index contributed by atoms with van der Waals surface area (Å²) in [4.78, 5) is 26.9. The molecule has 0 aliphatic carbocycles. The summed E-state index contributed by atoms with van der Waals surface area (Å²) >= 11 is 6.02. The first-order valence-electron chi connectivity index (χ1n) is 10.6. The van der Waals surface area contributed by atoms with Gasteiger partial charge >= 0.3 is 0 Å². The number of likely N-dealkylation sites (N-methyl/N-ethyl adjacent to an activating group) is 1. The van der Waals surface area contributed by atoms with Gasteiger partial charge in [0.1, 0.15) is 5.75 Å². The number of benzene rings is 3. The molecule has 0 fully saturated rings. The molecule has 3 rings (SSSR count). The minimum absolute atomic E-state index is 0.0395. The van der Waals surface area contributed by atoms with Gasteiger partial charge in [0.2, 0.25) is 11.8 Å². The van der Waals surface area contributed by atoms with E-state index in [0.29, 0.717) is 22.9 Å². The number of anilines is 1. The topological polar surface area (TPSA) is 70.7 Å². The molecule has 0 aromatic heterocycles. The molecule has 3 aromatic rings. The lowest BCUT2D eigenvalue weighted by atomic mass is 9.99. The lowest BCUT2D eigenvalue weighted by molar-refractivity contribution is -0.123. The number of nitrogens with one attached hydrogen (secondary N) is 2. The number of carbonyl (C=O) groups excluding carboxylic acids is 2. The van der Waals surface area contributed by atoms with Crippen molar-refractivity contribution in [1.29, 1.82) is 0 Å². The Morgan fingerprint density at radius 2 is 1.58 bits per heavy atom. The monoisotopic (exact) mass is 465 g/mol. The predicted octanol–water partition coefficient (Wildman–Crippen LogP) is 4.32. The Morgan fingerprint density at radius 1 is 0.939 bits per heavy atom. The Morgan fingerprint density at radius 3 is 2.24 bits per heavy atom. The number of rotatable bonds is 10. The van der Waals surface area contributed by atoms with Crippen molar-refractivity contribution < 1.29 is 14.3 Å². The maximum atomic E-state index is 12.8. The van der Waals surface area contributed by atoms with Gasteiger partial charge in [0.25, 0.3) is 0 Å². The van der Waals surface area contributed by atoms with Crippen molar-refractivity contribution in [1.82, 2.24) is 10.2 Å². The van der Waals surface area contributed by atoms with E-state index >= 15 is 0 Å². The Balaban J connectivity index is 1.58. The first kappa shape index (κ1) is 24.3. The highest BCUT2D eigenvalue weighted by atomic mass is 35.5. The van der Waals surface area contributed by atoms with Crippen LogP contribution in [-0.4, -0.2) is 44.0 Å². The van der Waals surface area contributed by atoms with E-state index in [-0.39, 0.29) is 30.9 Å². The van der Waals surface area contributed by atoms with Crippen molar-refractivity contribution in [3.8, 4) is 5.75 Å². The Bertz CT molecular complexity index is 1060. The Labute approximate surface area is 199 Å². The van der Waals surface area contributed by atoms with Gasteiger partial charge in [0.05, 0.1) is 31.9 Å². The fraction of sp³-hybridized carbons (Fsp3) is 0.231. The van der Waals surface area contributed by atoms with E-state index in [9.17, 15) is 9.59 Å². The van der Waals surface area contributed by atoms with Crippen molar-refractivity contribution in [3.05, 3.63) is 95.0 Å². The first-order chi connectivity index (χ1) is 15.9. The van der Waals surface area contributed by atoms with Gasteiger partial charge in [-0.15, -0.1) is 0 Å². The quantitative estimate of drug-likeness (QED) is 0.468. The molecule has 2 amide bonds. The highest BCUT2D eigenvalue weighted by Gasteiger charge is 2.18. The van der Waals surface area contributed by atoms with Crippen LogP contribution in [0.3, 0.4) is 0 Å². The highest BCUT2D eigenvalue weighted by molar-refractivity contribution is 6.31. The molecular weight excluding hydrogens is 438 g/mol. The summed E-state index contributed by atoms with van der Waals surface area (Å²) in [6.07, 6.45) is 0.676. The lowest BCUT2D eigenvalue weighted by Gasteiger charge is -2.22. The van der Waals surface area contributed by atoms with Crippen LogP contribution in [0, 0.1) is 0 Å². The molecule has 33 heavy (non-hydrogen) atoms. The number of methoxy groups -OCH3 is 1. The SMILES string of the molecule is COc1ccc(Cl)cc1NC(=O)CN(C)CC(=O)NC(Cc1ccccc1)c1ccccc1. The predicted molar refractivity (Wildman–Crippen MR) is 132 cm³/mol. The number of halogens is 1. The molecule has 0 radical (unpaired) electrons. The van der Waals surface area contributed by atoms with Gasteiger partial charge in [-0.2, -0.15) is 0 Å². The summed E-state index contributed by atoms with van der Waals surface area (Å²) < 4.78 is 5.25. The number of nitrogens with zero attached hydrogens (tertiary/aromatic N) is 1. The van der Waals surface area contributed by atoms with Crippen molar-refractivity contribution in [2.75, 3.05) is 32.6 Å². The van der Waals surface area contributed by atoms with Gasteiger partial charge in [-0.05, 0) is 42.8 Å². The van der Waals surface area contributed by atoms with E-state index in [0.717, 1.165) is 11.1 Å². The van der Waals surface area contributed by atoms with E-state index < -0.39 is 0 Å². The molecule has 1 atom stereocenters. The van der Waals surface area contributed by atoms with Crippen LogP contribution < -0.4 is 15.4 Å². The molecule has 172 valence electrons. The summed E-state index contributed by atoms with van der Waals surface area (Å²) in [7, 11) is 3.25. The molecule has 7 heteroatoms. The first-order valence-corrected chi connectivity index (χ1v) is 11.0. The van der Waals surface area contributed by atoms with Crippen LogP contribution in [0.5, 0.6) is 5.75 Å². The van der Waals surface area contributed by atoms with E-state index in [1.807, 2.05) is 60.7 Å². The second kappa shape index (κ2) is 12.0. The molecule has 0 aliphatic rings. The zero-order valence-corrected chi connectivity index (χ0v) is 19.5. The smallest absolute Gasteiger partial charge is 0.238 e. The fourth-order valence-corrected chi connectivity index (χ4v) is 3.71. The third kappa shape index (κ3) is 7.63. The number of amides is 2. The van der Waals surface area contributed by atoms with E-state index in [1.54, 1.807) is 30.1 Å². The molecule has 0 aliphatic heterocycles. The number of carbonyl (C=O) groups is 2. The molecule has 0 saturated carbocycles. The van der Waals surface area contributed by atoms with Crippen LogP contribution in [0.1, 0.15) is 17.2 Å². The summed E-state index contributed by atoms with van der Waals surface area (Å²) in [6.45, 7) is 0.121. The van der Waals surface area contributed by atoms with E-state index in [4.69, 9.17) is 16.3 Å². The second-order valence-electron chi connectivity index (χ2n) is 7.79. The number of hydrogen-bond donors (Lipinski definition) is 2. The van der Waals surface area contributed by atoms with Gasteiger partial charge in [0, 0.05) is 5.02 Å². The number of ether oxygens (including phenoxy) is 1. The van der Waals surface area contributed by atoms with Crippen LogP contribution >= 0.6 is 11.6 Å². The average molecular weight is 466 g/mol. The summed E-state index contributed by atoms with van der Waals surface area (Å²) in [5.41, 5.74) is 2.65. The van der Waals surface area contributed by atoms with Gasteiger partial charge < -0.3 is 15.4 Å². The molecule has 0 spiro atoms. The van der Waals surface area contributed by atoms with E-state index in [2.05, 4.69) is 10.6 Å². The third-order valence-electron chi connectivity index (χ3n) is 5.08. The summed E-state index contributed by atoms with van der Waals surface area (Å²) in [5.74, 6) is 0.0879. The van der Waals surface area contributed by atoms with Crippen molar-refractivity contribution in [3.63, 3.8) is 0 Å². The van der Waals surface area contributed by atoms with Crippen molar-refractivity contribution in [2.45, 2.75) is 12.5 Å². The molecule has 3 aromatic carbocycles. The minimum atomic E-state index is -0.269. The standard InChI is InChI=1S/C26H28ClN3O3/c1-30(18-26(32)29-23-16-21(27)13-14-24(23)33-2)17-25(31)28-22(20-11-7-4-8-12-20)15-19-9-5-3-6-10-19/h3-14,16,22H,15,17-18H2,1-2H3,(H,28,31)(H,29,32). The summed E-state index contributed by atoms with van der Waals surface area (Å²) in [5, 5.41) is 6.39. The molecular formula is C26H28ClN3O3. The highest BCUT2D eigenvalue weighted by Crippen LogP contribution is 2.27. The third-order valence-corrected chi connectivity index (χ3v) is 5.32. The van der Waals surface area contributed by atoms with Crippen LogP contribution in [0.2, 0.25) is 5.02 Å². The Kier molecular flexibility index (Phi) is 8.87. The molecule has 1 unspecified atom stereocenters. The molecule has 2 N–H and O–H groups in total. The zero-order valence-electron chi connectivity index (χ0n) is 18.8. The lowest BCUT2D eigenvalue weighted by Crippen LogP contribution is -2.40. The van der Waals surface area contributed by atoms with Crippen molar-refractivity contribution in [2.24, 2.45) is 0 Å². The van der Waals surface area contributed by atoms with Gasteiger partial charge in [-0.3, -0.25) is 14.5 Å². The summed E-state index contributed by atoms with van der Waals surface area (Å²) in [6, 6.07) is 24.7. The van der Waals surface area contributed by atoms with Gasteiger partial charge in [-0.1, -0.05) is 72.3 Å².